The first kappa shape index (κ1) is 18.0. The van der Waals surface area contributed by atoms with Crippen molar-refractivity contribution >= 4 is 5.91 Å². The van der Waals surface area contributed by atoms with Gasteiger partial charge in [0.05, 0.1) is 7.11 Å². The molecule has 4 heteroatoms. The Labute approximate surface area is 161 Å². The average molecular weight is 364 g/mol. The lowest BCUT2D eigenvalue weighted by Gasteiger charge is -2.37. The van der Waals surface area contributed by atoms with Crippen LogP contribution in [0.2, 0.25) is 0 Å². The van der Waals surface area contributed by atoms with E-state index in [-0.39, 0.29) is 5.92 Å². The first-order chi connectivity index (χ1) is 13.1. The van der Waals surface area contributed by atoms with E-state index >= 15 is 0 Å². The highest BCUT2D eigenvalue weighted by atomic mass is 16.5. The van der Waals surface area contributed by atoms with E-state index in [2.05, 4.69) is 29.2 Å². The lowest BCUT2D eigenvalue weighted by molar-refractivity contribution is -0.139. The van der Waals surface area contributed by atoms with Crippen LogP contribution in [0.4, 0.5) is 0 Å². The number of piperidine rings is 1. The Morgan fingerprint density at radius 2 is 1.96 bits per heavy atom. The second-order valence-corrected chi connectivity index (χ2v) is 7.91. The lowest BCUT2D eigenvalue weighted by atomic mass is 9.83. The number of amides is 1. The minimum atomic E-state index is 0.279. The molecule has 2 aromatic rings. The van der Waals surface area contributed by atoms with Crippen molar-refractivity contribution in [2.24, 2.45) is 5.92 Å². The molecule has 1 atom stereocenters. The van der Waals surface area contributed by atoms with Gasteiger partial charge in [0, 0.05) is 36.3 Å². The molecular weight excluding hydrogens is 336 g/mol. The Kier molecular flexibility index (Phi) is 5.15. The van der Waals surface area contributed by atoms with Gasteiger partial charge in [-0.05, 0) is 68.0 Å². The summed E-state index contributed by atoms with van der Waals surface area (Å²) in [5.41, 5.74) is 4.44. The Balaban J connectivity index is 1.57. The summed E-state index contributed by atoms with van der Waals surface area (Å²) in [6, 6.07) is 12.5. The van der Waals surface area contributed by atoms with Gasteiger partial charge in [0.2, 0.25) is 5.91 Å². The third-order valence-electron chi connectivity index (χ3n) is 5.98. The molecule has 0 radical (unpaired) electrons. The number of aromatic nitrogens is 1. The van der Waals surface area contributed by atoms with Crippen LogP contribution < -0.4 is 4.74 Å². The molecular formula is C23H28N2O2. The number of rotatable bonds is 4. The first-order valence-corrected chi connectivity index (χ1v) is 10.1. The van der Waals surface area contributed by atoms with Gasteiger partial charge in [-0.2, -0.15) is 0 Å². The molecule has 1 unspecified atom stereocenters. The van der Waals surface area contributed by atoms with Crippen molar-refractivity contribution in [3.05, 3.63) is 47.8 Å². The maximum atomic E-state index is 12.7. The summed E-state index contributed by atoms with van der Waals surface area (Å²) in [5.74, 6) is 1.83. The fourth-order valence-corrected chi connectivity index (χ4v) is 4.20. The van der Waals surface area contributed by atoms with Gasteiger partial charge in [0.1, 0.15) is 5.75 Å². The molecule has 2 aliphatic rings. The van der Waals surface area contributed by atoms with Gasteiger partial charge in [0.15, 0.2) is 0 Å². The van der Waals surface area contributed by atoms with Crippen molar-refractivity contribution in [2.45, 2.75) is 44.9 Å². The lowest BCUT2D eigenvalue weighted by Crippen LogP contribution is -2.44. The quantitative estimate of drug-likeness (QED) is 0.798. The predicted octanol–water partition coefficient (Wildman–Crippen LogP) is 4.57. The van der Waals surface area contributed by atoms with Gasteiger partial charge >= 0.3 is 0 Å². The molecule has 4 rings (SSSR count). The number of methoxy groups -OCH3 is 1. The molecule has 4 nitrogen and oxygen atoms in total. The fraction of sp³-hybridized carbons (Fsp3) is 0.478. The molecule has 1 aromatic heterocycles. The molecule has 2 fully saturated rings. The standard InChI is InChI=1S/C23H28N2O2/c1-16-12-20(18-8-4-10-21(13-18)27-2)14-22(24-16)19-9-5-11-25(15-19)23(26)17-6-3-7-17/h4,8,10,12-14,17,19H,3,5-7,9,11,15H2,1-2H3. The van der Waals surface area contributed by atoms with E-state index in [1.54, 1.807) is 7.11 Å². The first-order valence-electron chi connectivity index (χ1n) is 10.1. The second kappa shape index (κ2) is 7.71. The van der Waals surface area contributed by atoms with Crippen LogP contribution in [0.3, 0.4) is 0 Å². The van der Waals surface area contributed by atoms with E-state index in [1.807, 2.05) is 19.1 Å². The summed E-state index contributed by atoms with van der Waals surface area (Å²) in [6.45, 7) is 3.76. The van der Waals surface area contributed by atoms with Gasteiger partial charge in [-0.3, -0.25) is 9.78 Å². The number of aryl methyl sites for hydroxylation is 1. The van der Waals surface area contributed by atoms with Gasteiger partial charge in [-0.25, -0.2) is 0 Å². The third-order valence-corrected chi connectivity index (χ3v) is 5.98. The number of benzene rings is 1. The number of hydrogen-bond donors (Lipinski definition) is 0. The van der Waals surface area contributed by atoms with Crippen molar-refractivity contribution in [1.29, 1.82) is 0 Å². The van der Waals surface area contributed by atoms with Crippen molar-refractivity contribution in [1.82, 2.24) is 9.88 Å². The van der Waals surface area contributed by atoms with Gasteiger partial charge < -0.3 is 9.64 Å². The van der Waals surface area contributed by atoms with Gasteiger partial charge in [-0.1, -0.05) is 18.6 Å². The molecule has 1 saturated heterocycles. The van der Waals surface area contributed by atoms with E-state index in [1.165, 1.54) is 12.0 Å². The molecule has 0 N–H and O–H groups in total. The third kappa shape index (κ3) is 3.85. The summed E-state index contributed by atoms with van der Waals surface area (Å²) < 4.78 is 5.37. The normalized spacial score (nSPS) is 20.2. The van der Waals surface area contributed by atoms with Gasteiger partial charge in [0.25, 0.3) is 0 Å². The van der Waals surface area contributed by atoms with Crippen LogP contribution in [-0.2, 0) is 4.79 Å². The Bertz CT molecular complexity index is 829. The van der Waals surface area contributed by atoms with E-state index in [0.717, 1.165) is 61.5 Å². The highest BCUT2D eigenvalue weighted by Gasteiger charge is 2.33. The topological polar surface area (TPSA) is 42.4 Å². The zero-order valence-corrected chi connectivity index (χ0v) is 16.3. The molecule has 1 aromatic carbocycles. The highest BCUT2D eigenvalue weighted by molar-refractivity contribution is 5.79. The summed E-state index contributed by atoms with van der Waals surface area (Å²) in [7, 11) is 1.69. The van der Waals surface area contributed by atoms with Crippen LogP contribution in [0.15, 0.2) is 36.4 Å². The molecule has 2 heterocycles. The molecule has 0 bridgehead atoms. The SMILES string of the molecule is COc1cccc(-c2cc(C)nc(C3CCCN(C(=O)C4CCC4)C3)c2)c1. The number of carbonyl (C=O) groups excluding carboxylic acids is 1. The number of pyridine rings is 1. The molecule has 1 aliphatic heterocycles. The molecule has 1 amide bonds. The molecule has 27 heavy (non-hydrogen) atoms. The Morgan fingerprint density at radius 1 is 1.11 bits per heavy atom. The smallest absolute Gasteiger partial charge is 0.225 e. The molecule has 142 valence electrons. The van der Waals surface area contributed by atoms with Crippen LogP contribution in [-0.4, -0.2) is 36.0 Å². The average Bonchev–Trinajstić information content (AvgIpc) is 2.66. The molecule has 1 aliphatic carbocycles. The van der Waals surface area contributed by atoms with Crippen LogP contribution in [0, 0.1) is 12.8 Å². The fourth-order valence-electron chi connectivity index (χ4n) is 4.20. The zero-order valence-electron chi connectivity index (χ0n) is 16.3. The van der Waals surface area contributed by atoms with Crippen molar-refractivity contribution < 1.29 is 9.53 Å². The van der Waals surface area contributed by atoms with Crippen LogP contribution in [0.25, 0.3) is 11.1 Å². The minimum Gasteiger partial charge on any atom is -0.497 e. The second-order valence-electron chi connectivity index (χ2n) is 7.91. The maximum Gasteiger partial charge on any atom is 0.225 e. The van der Waals surface area contributed by atoms with E-state index in [9.17, 15) is 4.79 Å². The zero-order chi connectivity index (χ0) is 18.8. The van der Waals surface area contributed by atoms with Crippen LogP contribution in [0.5, 0.6) is 5.75 Å². The Morgan fingerprint density at radius 3 is 2.70 bits per heavy atom. The highest BCUT2D eigenvalue weighted by Crippen LogP contribution is 2.33. The maximum absolute atomic E-state index is 12.7. The molecule has 1 saturated carbocycles. The largest absolute Gasteiger partial charge is 0.497 e. The van der Waals surface area contributed by atoms with Gasteiger partial charge in [-0.15, -0.1) is 0 Å². The van der Waals surface area contributed by atoms with Crippen LogP contribution in [0.1, 0.15) is 49.4 Å². The van der Waals surface area contributed by atoms with E-state index in [4.69, 9.17) is 9.72 Å². The summed E-state index contributed by atoms with van der Waals surface area (Å²) in [6.07, 6.45) is 5.51. The monoisotopic (exact) mass is 364 g/mol. The van der Waals surface area contributed by atoms with Crippen molar-refractivity contribution in [3.63, 3.8) is 0 Å². The number of carbonyl (C=O) groups is 1. The predicted molar refractivity (Wildman–Crippen MR) is 107 cm³/mol. The van der Waals surface area contributed by atoms with E-state index < -0.39 is 0 Å². The summed E-state index contributed by atoms with van der Waals surface area (Å²) in [4.78, 5) is 19.6. The number of ether oxygens (including phenoxy) is 1. The van der Waals surface area contributed by atoms with Crippen molar-refractivity contribution in [3.8, 4) is 16.9 Å². The van der Waals surface area contributed by atoms with Crippen molar-refractivity contribution in [2.75, 3.05) is 20.2 Å². The minimum absolute atomic E-state index is 0.279. The number of hydrogen-bond acceptors (Lipinski definition) is 3. The number of likely N-dealkylation sites (tertiary alicyclic amines) is 1. The summed E-state index contributed by atoms with van der Waals surface area (Å²) >= 11 is 0. The van der Waals surface area contributed by atoms with E-state index in [0.29, 0.717) is 11.8 Å². The Hall–Kier alpha value is -2.36. The molecule has 0 spiro atoms. The number of nitrogens with zero attached hydrogens (tertiary/aromatic N) is 2. The summed E-state index contributed by atoms with van der Waals surface area (Å²) in [5, 5.41) is 0. The van der Waals surface area contributed by atoms with Crippen LogP contribution >= 0.6 is 0 Å².